The molecule has 1 aliphatic rings. The Kier molecular flexibility index (Phi) is 6.22. The van der Waals surface area contributed by atoms with Crippen LogP contribution in [-0.2, 0) is 10.0 Å². The highest BCUT2D eigenvalue weighted by Crippen LogP contribution is 2.25. The lowest BCUT2D eigenvalue weighted by molar-refractivity contribution is 0.0698. The van der Waals surface area contributed by atoms with Crippen molar-refractivity contribution in [2.24, 2.45) is 0 Å². The fraction of sp³-hybridized carbons (Fsp3) is 0.500. The monoisotopic (exact) mass is 366 g/mol. The average molecular weight is 366 g/mol. The predicted octanol–water partition coefficient (Wildman–Crippen LogP) is 1.18. The molecule has 9 heteroatoms. The molecule has 0 amide bonds. The number of anilines is 2. The van der Waals surface area contributed by atoms with Gasteiger partial charge in [0.25, 0.3) is 0 Å². The van der Waals surface area contributed by atoms with Crippen molar-refractivity contribution < 1.29 is 18.3 Å². The number of nitrogens with one attached hydrogen (secondary N) is 1. The Morgan fingerprint density at radius 3 is 2.56 bits per heavy atom. The lowest BCUT2D eigenvalue weighted by Crippen LogP contribution is -2.46. The molecule has 1 fully saturated rings. The number of rotatable bonds is 7. The van der Waals surface area contributed by atoms with E-state index in [-0.39, 0.29) is 17.0 Å². The Bertz CT molecular complexity index is 765. The van der Waals surface area contributed by atoms with E-state index in [2.05, 4.69) is 20.6 Å². The Morgan fingerprint density at radius 1 is 1.32 bits per heavy atom. The van der Waals surface area contributed by atoms with E-state index >= 15 is 0 Å². The third kappa shape index (κ3) is 5.08. The number of carboxylic acids is 1. The number of hydrogen-bond donors (Lipinski definition) is 2. The molecule has 1 saturated heterocycles. The summed E-state index contributed by atoms with van der Waals surface area (Å²) in [4.78, 5) is 15.8. The molecule has 1 aromatic rings. The summed E-state index contributed by atoms with van der Waals surface area (Å²) in [5.74, 6) is -1.30. The molecular weight excluding hydrogens is 344 g/mol. The first-order chi connectivity index (χ1) is 11.9. The van der Waals surface area contributed by atoms with Gasteiger partial charge in [-0.1, -0.05) is 0 Å². The maximum Gasteiger partial charge on any atom is 0.337 e. The summed E-state index contributed by atoms with van der Waals surface area (Å²) in [6, 6.07) is 6.85. The zero-order valence-corrected chi connectivity index (χ0v) is 14.9. The van der Waals surface area contributed by atoms with Crippen LogP contribution in [0.25, 0.3) is 0 Å². The minimum absolute atomic E-state index is 0.0681. The lowest BCUT2D eigenvalue weighted by atomic mass is 10.1. The first-order valence-electron chi connectivity index (χ1n) is 8.08. The molecule has 2 rings (SSSR count). The average Bonchev–Trinajstić information content (AvgIpc) is 2.60. The minimum Gasteiger partial charge on any atom is -0.478 e. The number of hydrogen-bond acceptors (Lipinski definition) is 6. The van der Waals surface area contributed by atoms with E-state index in [0.717, 1.165) is 38.4 Å². The Labute approximate surface area is 147 Å². The van der Waals surface area contributed by atoms with Crippen LogP contribution in [0.3, 0.4) is 0 Å². The van der Waals surface area contributed by atoms with E-state index in [1.54, 1.807) is 6.07 Å². The van der Waals surface area contributed by atoms with Crippen molar-refractivity contribution in [2.45, 2.75) is 13.3 Å². The van der Waals surface area contributed by atoms with E-state index in [1.165, 1.54) is 19.1 Å². The molecule has 0 saturated carbocycles. The van der Waals surface area contributed by atoms with E-state index in [1.807, 2.05) is 0 Å². The lowest BCUT2D eigenvalue weighted by Gasteiger charge is -2.36. The first kappa shape index (κ1) is 19.0. The van der Waals surface area contributed by atoms with Gasteiger partial charge in [-0.3, -0.25) is 9.62 Å². The summed E-state index contributed by atoms with van der Waals surface area (Å²) in [7, 11) is -3.54. The number of piperazine rings is 1. The third-order valence-corrected chi connectivity index (χ3v) is 5.45. The maximum atomic E-state index is 11.7. The fourth-order valence-electron chi connectivity index (χ4n) is 2.67. The maximum absolute atomic E-state index is 11.7. The summed E-state index contributed by atoms with van der Waals surface area (Å²) in [6.07, 6.45) is 0.495. The summed E-state index contributed by atoms with van der Waals surface area (Å²) in [6.45, 7) is 5.28. The standard InChI is InChI=1S/C16H22N4O4S/c1-2-25(23,24)18-15-5-4-13(12-14(15)16(21)22)20-10-8-19(9-11-20)7-3-6-17/h4-5,12,18H,2-3,7-11H2,1H3,(H,21,22). The van der Waals surface area contributed by atoms with Crippen LogP contribution in [-0.4, -0.2) is 62.9 Å². The van der Waals surface area contributed by atoms with Crippen LogP contribution in [0.15, 0.2) is 18.2 Å². The molecule has 0 spiro atoms. The number of carbonyl (C=O) groups is 1. The van der Waals surface area contributed by atoms with Gasteiger partial charge in [0.1, 0.15) is 0 Å². The van der Waals surface area contributed by atoms with Crippen molar-refractivity contribution in [2.75, 3.05) is 48.1 Å². The quantitative estimate of drug-likeness (QED) is 0.745. The van der Waals surface area contributed by atoms with E-state index in [4.69, 9.17) is 5.26 Å². The van der Waals surface area contributed by atoms with E-state index in [9.17, 15) is 18.3 Å². The summed E-state index contributed by atoms with van der Waals surface area (Å²) in [5, 5.41) is 18.0. The van der Waals surface area contributed by atoms with Crippen molar-refractivity contribution >= 4 is 27.4 Å². The normalized spacial score (nSPS) is 15.6. The molecule has 0 aliphatic carbocycles. The molecule has 0 atom stereocenters. The van der Waals surface area contributed by atoms with E-state index in [0.29, 0.717) is 6.42 Å². The van der Waals surface area contributed by atoms with Crippen LogP contribution in [0.4, 0.5) is 11.4 Å². The van der Waals surface area contributed by atoms with Crippen molar-refractivity contribution in [1.29, 1.82) is 5.26 Å². The number of carboxylic acid groups (broad SMARTS) is 1. The van der Waals surface area contributed by atoms with Gasteiger partial charge in [-0.2, -0.15) is 5.26 Å². The van der Waals surface area contributed by atoms with Gasteiger partial charge in [0, 0.05) is 44.8 Å². The van der Waals surface area contributed by atoms with Crippen molar-refractivity contribution in [3.05, 3.63) is 23.8 Å². The number of sulfonamides is 1. The highest BCUT2D eigenvalue weighted by Gasteiger charge is 2.20. The topological polar surface area (TPSA) is 114 Å². The van der Waals surface area contributed by atoms with Crippen LogP contribution >= 0.6 is 0 Å². The van der Waals surface area contributed by atoms with Gasteiger partial charge in [-0.25, -0.2) is 13.2 Å². The molecule has 1 aliphatic heterocycles. The van der Waals surface area contributed by atoms with Gasteiger partial charge in [-0.15, -0.1) is 0 Å². The van der Waals surface area contributed by atoms with Gasteiger partial charge >= 0.3 is 5.97 Å². The summed E-state index contributed by atoms with van der Waals surface area (Å²) < 4.78 is 25.7. The molecule has 0 aromatic heterocycles. The van der Waals surface area contributed by atoms with Crippen LogP contribution < -0.4 is 9.62 Å². The molecular formula is C16H22N4O4S. The largest absolute Gasteiger partial charge is 0.478 e. The minimum atomic E-state index is -3.54. The molecule has 0 unspecified atom stereocenters. The molecule has 1 aromatic carbocycles. The summed E-state index contributed by atoms with van der Waals surface area (Å²) in [5.41, 5.74) is 0.754. The molecule has 136 valence electrons. The van der Waals surface area contributed by atoms with Crippen LogP contribution in [0.2, 0.25) is 0 Å². The van der Waals surface area contributed by atoms with Crippen LogP contribution in [0.1, 0.15) is 23.7 Å². The first-order valence-corrected chi connectivity index (χ1v) is 9.73. The molecule has 8 nitrogen and oxygen atoms in total. The summed E-state index contributed by atoms with van der Waals surface area (Å²) >= 11 is 0. The Morgan fingerprint density at radius 2 is 2.00 bits per heavy atom. The van der Waals surface area contributed by atoms with Gasteiger partial charge in [-0.05, 0) is 25.1 Å². The van der Waals surface area contributed by atoms with Gasteiger partial charge < -0.3 is 10.0 Å². The fourth-order valence-corrected chi connectivity index (χ4v) is 3.33. The van der Waals surface area contributed by atoms with Gasteiger partial charge in [0.15, 0.2) is 0 Å². The number of benzene rings is 1. The predicted molar refractivity (Wildman–Crippen MR) is 95.4 cm³/mol. The van der Waals surface area contributed by atoms with Crippen molar-refractivity contribution in [3.8, 4) is 6.07 Å². The highest BCUT2D eigenvalue weighted by atomic mass is 32.2. The SMILES string of the molecule is CCS(=O)(=O)Nc1ccc(N2CCN(CCC#N)CC2)cc1C(=O)O. The van der Waals surface area contributed by atoms with Crippen molar-refractivity contribution in [3.63, 3.8) is 0 Å². The zero-order valence-electron chi connectivity index (χ0n) is 14.1. The van der Waals surface area contributed by atoms with Crippen molar-refractivity contribution in [1.82, 2.24) is 4.90 Å². The third-order valence-electron chi connectivity index (χ3n) is 4.16. The van der Waals surface area contributed by atoms with Crippen LogP contribution in [0.5, 0.6) is 0 Å². The second-order valence-electron chi connectivity index (χ2n) is 5.78. The van der Waals surface area contributed by atoms with Gasteiger partial charge in [0.05, 0.1) is 23.1 Å². The zero-order chi connectivity index (χ0) is 18.4. The number of aromatic carboxylic acids is 1. The highest BCUT2D eigenvalue weighted by molar-refractivity contribution is 7.92. The smallest absolute Gasteiger partial charge is 0.337 e. The molecule has 25 heavy (non-hydrogen) atoms. The molecule has 2 N–H and O–H groups in total. The number of nitrogens with zero attached hydrogens (tertiary/aromatic N) is 3. The second kappa shape index (κ2) is 8.18. The number of nitriles is 1. The molecule has 0 bridgehead atoms. The molecule has 1 heterocycles. The van der Waals surface area contributed by atoms with E-state index < -0.39 is 16.0 Å². The second-order valence-corrected chi connectivity index (χ2v) is 7.79. The molecule has 0 radical (unpaired) electrons. The Hall–Kier alpha value is -2.31. The van der Waals surface area contributed by atoms with Crippen LogP contribution in [0, 0.1) is 11.3 Å². The van der Waals surface area contributed by atoms with Gasteiger partial charge in [0.2, 0.25) is 10.0 Å². The Balaban J connectivity index is 2.14.